The summed E-state index contributed by atoms with van der Waals surface area (Å²) in [6.07, 6.45) is 4.74. The first-order chi connectivity index (χ1) is 12.9. The molecular formula is C19H17Cl2N3O3. The van der Waals surface area contributed by atoms with Crippen LogP contribution in [-0.2, 0) is 4.79 Å². The van der Waals surface area contributed by atoms with Crippen LogP contribution in [0, 0.1) is 0 Å². The second-order valence-corrected chi connectivity index (χ2v) is 6.95. The highest BCUT2D eigenvalue weighted by Crippen LogP contribution is 2.25. The lowest BCUT2D eigenvalue weighted by atomic mass is 10.2. The number of halogens is 2. The third kappa shape index (κ3) is 4.78. The molecule has 1 aliphatic heterocycles. The van der Waals surface area contributed by atoms with Gasteiger partial charge in [0.1, 0.15) is 5.82 Å². The van der Waals surface area contributed by atoms with Gasteiger partial charge in [-0.25, -0.2) is 9.78 Å². The first kappa shape index (κ1) is 19.2. The van der Waals surface area contributed by atoms with Crippen LogP contribution in [-0.4, -0.2) is 46.0 Å². The lowest BCUT2D eigenvalue weighted by Gasteiger charge is -2.18. The smallest absolute Gasteiger partial charge is 0.328 e. The van der Waals surface area contributed by atoms with E-state index < -0.39 is 5.97 Å². The predicted octanol–water partition coefficient (Wildman–Crippen LogP) is 3.81. The SMILES string of the molecule is O=C(O)/C=C/c1cnc(N[C@@H]2CCN(C(=O)c3ccccc3Cl)C2)c(Cl)c1. The number of nitrogens with zero attached hydrogens (tertiary/aromatic N) is 2. The highest BCUT2D eigenvalue weighted by Gasteiger charge is 2.28. The van der Waals surface area contributed by atoms with Crippen LogP contribution in [0.15, 0.2) is 42.6 Å². The fraction of sp³-hybridized carbons (Fsp3) is 0.211. The molecule has 0 bridgehead atoms. The van der Waals surface area contributed by atoms with Crippen LogP contribution in [0.25, 0.3) is 6.08 Å². The Morgan fingerprint density at radius 3 is 2.74 bits per heavy atom. The number of rotatable bonds is 5. The molecule has 8 heteroatoms. The molecule has 0 radical (unpaired) electrons. The van der Waals surface area contributed by atoms with Crippen molar-refractivity contribution in [3.05, 3.63) is 63.8 Å². The summed E-state index contributed by atoms with van der Waals surface area (Å²) in [5, 5.41) is 12.7. The number of hydrogen-bond donors (Lipinski definition) is 2. The third-order valence-corrected chi connectivity index (χ3v) is 4.82. The number of benzene rings is 1. The number of nitrogens with one attached hydrogen (secondary N) is 1. The van der Waals surface area contributed by atoms with E-state index in [1.807, 2.05) is 0 Å². The van der Waals surface area contributed by atoms with Crippen molar-refractivity contribution in [1.29, 1.82) is 0 Å². The summed E-state index contributed by atoms with van der Waals surface area (Å²) in [4.78, 5) is 29.2. The van der Waals surface area contributed by atoms with E-state index >= 15 is 0 Å². The molecular weight excluding hydrogens is 389 g/mol. The van der Waals surface area contributed by atoms with Crippen molar-refractivity contribution in [3.63, 3.8) is 0 Å². The van der Waals surface area contributed by atoms with Gasteiger partial charge in [0, 0.05) is 31.4 Å². The van der Waals surface area contributed by atoms with Crippen molar-refractivity contribution in [3.8, 4) is 0 Å². The molecule has 0 unspecified atom stereocenters. The molecule has 2 heterocycles. The Bertz CT molecular complexity index is 902. The minimum atomic E-state index is -1.04. The summed E-state index contributed by atoms with van der Waals surface area (Å²) >= 11 is 12.3. The van der Waals surface area contributed by atoms with Crippen molar-refractivity contribution in [2.45, 2.75) is 12.5 Å². The van der Waals surface area contributed by atoms with E-state index in [1.54, 1.807) is 35.2 Å². The van der Waals surface area contributed by atoms with Gasteiger partial charge < -0.3 is 15.3 Å². The number of hydrogen-bond acceptors (Lipinski definition) is 4. The molecule has 0 spiro atoms. The molecule has 2 N–H and O–H groups in total. The highest BCUT2D eigenvalue weighted by atomic mass is 35.5. The zero-order valence-corrected chi connectivity index (χ0v) is 15.7. The van der Waals surface area contributed by atoms with Crippen LogP contribution in [0.4, 0.5) is 5.82 Å². The van der Waals surface area contributed by atoms with Gasteiger partial charge in [0.2, 0.25) is 0 Å². The van der Waals surface area contributed by atoms with E-state index in [0.29, 0.717) is 40.1 Å². The van der Waals surface area contributed by atoms with Crippen molar-refractivity contribution >= 4 is 47.0 Å². The van der Waals surface area contributed by atoms with Crippen molar-refractivity contribution in [1.82, 2.24) is 9.88 Å². The van der Waals surface area contributed by atoms with E-state index in [2.05, 4.69) is 10.3 Å². The molecule has 1 amide bonds. The summed E-state index contributed by atoms with van der Waals surface area (Å²) in [5.41, 5.74) is 1.08. The largest absolute Gasteiger partial charge is 0.478 e. The van der Waals surface area contributed by atoms with E-state index in [-0.39, 0.29) is 11.9 Å². The van der Waals surface area contributed by atoms with Crippen LogP contribution in [0.3, 0.4) is 0 Å². The van der Waals surface area contributed by atoms with Crippen LogP contribution < -0.4 is 5.32 Å². The Hall–Kier alpha value is -2.57. The van der Waals surface area contributed by atoms with Crippen molar-refractivity contribution in [2.24, 2.45) is 0 Å². The number of aromatic nitrogens is 1. The van der Waals surface area contributed by atoms with Gasteiger partial charge in [0.25, 0.3) is 5.91 Å². The number of carboxylic acids is 1. The Kier molecular flexibility index (Phi) is 5.98. The molecule has 140 valence electrons. The maximum Gasteiger partial charge on any atom is 0.328 e. The number of amides is 1. The van der Waals surface area contributed by atoms with E-state index in [1.165, 1.54) is 12.3 Å². The molecule has 1 aliphatic rings. The molecule has 2 aromatic rings. The predicted molar refractivity (Wildman–Crippen MR) is 105 cm³/mol. The van der Waals surface area contributed by atoms with Gasteiger partial charge in [-0.2, -0.15) is 0 Å². The second kappa shape index (κ2) is 8.41. The van der Waals surface area contributed by atoms with Crippen molar-refractivity contribution in [2.75, 3.05) is 18.4 Å². The molecule has 1 fully saturated rings. The fourth-order valence-electron chi connectivity index (χ4n) is 2.88. The average Bonchev–Trinajstić information content (AvgIpc) is 3.10. The van der Waals surface area contributed by atoms with E-state index in [9.17, 15) is 9.59 Å². The van der Waals surface area contributed by atoms with E-state index in [4.69, 9.17) is 28.3 Å². The zero-order valence-electron chi connectivity index (χ0n) is 14.2. The van der Waals surface area contributed by atoms with Gasteiger partial charge in [0.05, 0.1) is 15.6 Å². The number of carbonyl (C=O) groups is 2. The van der Waals surface area contributed by atoms with E-state index in [0.717, 1.165) is 12.5 Å². The highest BCUT2D eigenvalue weighted by molar-refractivity contribution is 6.34. The Labute approximate surface area is 166 Å². The number of anilines is 1. The minimum Gasteiger partial charge on any atom is -0.478 e. The number of carboxylic acid groups (broad SMARTS) is 1. The van der Waals surface area contributed by atoms with Gasteiger partial charge in [0.15, 0.2) is 0 Å². The minimum absolute atomic E-state index is 0.0156. The van der Waals surface area contributed by atoms with Gasteiger partial charge in [-0.3, -0.25) is 4.79 Å². The first-order valence-electron chi connectivity index (χ1n) is 8.31. The number of carbonyl (C=O) groups excluding carboxylic acids is 1. The fourth-order valence-corrected chi connectivity index (χ4v) is 3.32. The maximum absolute atomic E-state index is 12.6. The molecule has 0 aliphatic carbocycles. The Morgan fingerprint density at radius 2 is 2.04 bits per heavy atom. The van der Waals surface area contributed by atoms with Crippen LogP contribution >= 0.6 is 23.2 Å². The van der Waals surface area contributed by atoms with Crippen LogP contribution in [0.1, 0.15) is 22.3 Å². The summed E-state index contributed by atoms with van der Waals surface area (Å²) in [7, 11) is 0. The Balaban J connectivity index is 1.64. The maximum atomic E-state index is 12.6. The standard InChI is InChI=1S/C19H17Cl2N3O3/c20-15-4-2-1-3-14(15)19(27)24-8-7-13(11-24)23-18-16(21)9-12(10-22-18)5-6-17(25)26/h1-6,9-10,13H,7-8,11H2,(H,22,23)(H,25,26)/b6-5+/t13-/m1/s1. The molecule has 3 rings (SSSR count). The quantitative estimate of drug-likeness (QED) is 0.738. The van der Waals surface area contributed by atoms with Crippen molar-refractivity contribution < 1.29 is 14.7 Å². The summed E-state index contributed by atoms with van der Waals surface area (Å²) in [6.45, 7) is 1.13. The average molecular weight is 406 g/mol. The second-order valence-electron chi connectivity index (χ2n) is 6.13. The molecule has 1 saturated heterocycles. The molecule has 1 atom stereocenters. The van der Waals surface area contributed by atoms with Gasteiger partial charge in [-0.05, 0) is 36.3 Å². The van der Waals surface area contributed by atoms with Gasteiger partial charge in [-0.15, -0.1) is 0 Å². The number of aliphatic carboxylic acids is 1. The summed E-state index contributed by atoms with van der Waals surface area (Å²) < 4.78 is 0. The number of pyridine rings is 1. The lowest BCUT2D eigenvalue weighted by molar-refractivity contribution is -0.131. The summed E-state index contributed by atoms with van der Waals surface area (Å²) in [6, 6.07) is 8.64. The van der Waals surface area contributed by atoms with Gasteiger partial charge >= 0.3 is 5.97 Å². The third-order valence-electron chi connectivity index (χ3n) is 4.20. The molecule has 1 aromatic carbocycles. The molecule has 27 heavy (non-hydrogen) atoms. The number of likely N-dealkylation sites (tertiary alicyclic amines) is 1. The van der Waals surface area contributed by atoms with Crippen LogP contribution in [0.2, 0.25) is 10.0 Å². The van der Waals surface area contributed by atoms with Crippen LogP contribution in [0.5, 0.6) is 0 Å². The monoisotopic (exact) mass is 405 g/mol. The Morgan fingerprint density at radius 1 is 1.26 bits per heavy atom. The summed E-state index contributed by atoms with van der Waals surface area (Å²) in [5.74, 6) is -0.637. The topological polar surface area (TPSA) is 82.5 Å². The zero-order chi connectivity index (χ0) is 19.4. The molecule has 0 saturated carbocycles. The first-order valence-corrected chi connectivity index (χ1v) is 9.06. The lowest BCUT2D eigenvalue weighted by Crippen LogP contribution is -2.31. The molecule has 1 aromatic heterocycles. The normalized spacial score (nSPS) is 16.7. The van der Waals surface area contributed by atoms with Gasteiger partial charge in [-0.1, -0.05) is 35.3 Å². The molecule has 6 nitrogen and oxygen atoms in total.